The molecule has 0 spiro atoms. The minimum absolute atomic E-state index is 0.0907. The van der Waals surface area contributed by atoms with Gasteiger partial charge in [-0.15, -0.1) is 0 Å². The predicted molar refractivity (Wildman–Crippen MR) is 115 cm³/mol. The number of hydrogen-bond donors (Lipinski definition) is 0. The average molecular weight is 431 g/mol. The summed E-state index contributed by atoms with van der Waals surface area (Å²) in [6.45, 7) is 2.92. The van der Waals surface area contributed by atoms with Gasteiger partial charge in [-0.1, -0.05) is 35.3 Å². The molecule has 2 aromatic carbocycles. The molecule has 1 aliphatic rings. The lowest BCUT2D eigenvalue weighted by molar-refractivity contribution is 0.0716. The van der Waals surface area contributed by atoms with E-state index in [0.717, 1.165) is 11.1 Å². The molecule has 0 aliphatic carbocycles. The Balaban J connectivity index is 1.97. The Morgan fingerprint density at radius 1 is 1.14 bits per heavy atom. The number of nitrogens with zero attached hydrogens (tertiary/aromatic N) is 2. The van der Waals surface area contributed by atoms with Crippen LogP contribution in [0.5, 0.6) is 0 Å². The summed E-state index contributed by atoms with van der Waals surface area (Å²) in [6.07, 6.45) is 0. The fourth-order valence-corrected chi connectivity index (χ4v) is 4.06. The molecule has 150 valence electrons. The largest absolute Gasteiger partial charge is 0.450 e. The maximum atomic E-state index is 13.4. The summed E-state index contributed by atoms with van der Waals surface area (Å²) >= 11 is 12.5. The number of halogens is 2. The van der Waals surface area contributed by atoms with Crippen LogP contribution < -0.4 is 5.43 Å². The number of aryl methyl sites for hydroxylation is 1. The lowest BCUT2D eigenvalue weighted by Gasteiger charge is -2.26. The van der Waals surface area contributed by atoms with E-state index >= 15 is 0 Å². The van der Waals surface area contributed by atoms with Crippen LogP contribution in [-0.2, 0) is 0 Å². The van der Waals surface area contributed by atoms with Crippen LogP contribution >= 0.6 is 23.2 Å². The van der Waals surface area contributed by atoms with Crippen LogP contribution in [0.15, 0.2) is 45.6 Å². The van der Waals surface area contributed by atoms with Crippen LogP contribution in [0.2, 0.25) is 10.0 Å². The van der Waals surface area contributed by atoms with Gasteiger partial charge >= 0.3 is 0 Å². The molecule has 0 N–H and O–H groups in total. The number of hydrogen-bond acceptors (Lipinski definition) is 4. The molecule has 7 heteroatoms. The maximum absolute atomic E-state index is 13.4. The smallest absolute Gasteiger partial charge is 0.290 e. The summed E-state index contributed by atoms with van der Waals surface area (Å²) in [4.78, 5) is 30.3. The van der Waals surface area contributed by atoms with Gasteiger partial charge in [-0.3, -0.25) is 9.59 Å². The highest BCUT2D eigenvalue weighted by atomic mass is 35.5. The number of likely N-dealkylation sites (N-methyl/N-ethyl adjacent to an activating group) is 1. The van der Waals surface area contributed by atoms with Gasteiger partial charge in [0.05, 0.1) is 17.0 Å². The second kappa shape index (κ2) is 7.48. The van der Waals surface area contributed by atoms with Crippen LogP contribution in [0.1, 0.15) is 33.3 Å². The van der Waals surface area contributed by atoms with Gasteiger partial charge in [0.2, 0.25) is 5.76 Å². The minimum atomic E-state index is -0.558. The number of rotatable bonds is 4. The lowest BCUT2D eigenvalue weighted by Crippen LogP contribution is -2.35. The van der Waals surface area contributed by atoms with Crippen molar-refractivity contribution in [3.05, 3.63) is 79.1 Å². The van der Waals surface area contributed by atoms with Crippen LogP contribution in [0.3, 0.4) is 0 Å². The van der Waals surface area contributed by atoms with E-state index < -0.39 is 6.04 Å². The van der Waals surface area contributed by atoms with Gasteiger partial charge in [-0.05, 0) is 56.4 Å². The molecule has 0 saturated carbocycles. The fraction of sp³-hybridized carbons (Fsp3) is 0.273. The van der Waals surface area contributed by atoms with Gasteiger partial charge < -0.3 is 14.2 Å². The molecule has 0 saturated heterocycles. The minimum Gasteiger partial charge on any atom is -0.450 e. The third kappa shape index (κ3) is 3.44. The van der Waals surface area contributed by atoms with Crippen molar-refractivity contribution in [2.75, 3.05) is 27.2 Å². The highest BCUT2D eigenvalue weighted by Crippen LogP contribution is 2.39. The summed E-state index contributed by atoms with van der Waals surface area (Å²) in [6, 6.07) is 9.97. The molecule has 2 heterocycles. The lowest BCUT2D eigenvalue weighted by atomic mass is 9.98. The van der Waals surface area contributed by atoms with E-state index in [2.05, 4.69) is 0 Å². The topological polar surface area (TPSA) is 53.8 Å². The van der Waals surface area contributed by atoms with Gasteiger partial charge in [0, 0.05) is 23.1 Å². The first-order valence-electron chi connectivity index (χ1n) is 9.26. The molecule has 3 aromatic rings. The third-order valence-corrected chi connectivity index (χ3v) is 5.84. The van der Waals surface area contributed by atoms with Crippen LogP contribution in [0.25, 0.3) is 11.0 Å². The molecular formula is C22H20Cl2N2O3. The van der Waals surface area contributed by atoms with E-state index in [1.807, 2.05) is 38.1 Å². The molecule has 0 radical (unpaired) electrons. The highest BCUT2D eigenvalue weighted by molar-refractivity contribution is 6.32. The highest BCUT2D eigenvalue weighted by Gasteiger charge is 2.42. The summed E-state index contributed by atoms with van der Waals surface area (Å²) in [5, 5.41) is 1.39. The van der Waals surface area contributed by atoms with Gasteiger partial charge in [-0.2, -0.15) is 0 Å². The molecule has 1 aliphatic heterocycles. The van der Waals surface area contributed by atoms with Crippen molar-refractivity contribution < 1.29 is 9.21 Å². The summed E-state index contributed by atoms with van der Waals surface area (Å²) < 4.78 is 5.96. The molecule has 29 heavy (non-hydrogen) atoms. The number of benzene rings is 2. The second-order valence-corrected chi connectivity index (χ2v) is 8.37. The number of carbonyl (C=O) groups is 1. The molecule has 1 atom stereocenters. The quantitative estimate of drug-likeness (QED) is 0.610. The van der Waals surface area contributed by atoms with Gasteiger partial charge in [0.15, 0.2) is 5.43 Å². The Bertz CT molecular complexity index is 1190. The van der Waals surface area contributed by atoms with Crippen molar-refractivity contribution in [1.82, 2.24) is 9.80 Å². The van der Waals surface area contributed by atoms with Crippen LogP contribution in [-0.4, -0.2) is 42.9 Å². The summed E-state index contributed by atoms with van der Waals surface area (Å²) in [7, 11) is 3.87. The SMILES string of the molecule is Cc1cc2oc3c(c(=O)c2cc1Cl)C(c1cccc(Cl)c1)N(CCN(C)C)C3=O. The Kier molecular flexibility index (Phi) is 5.15. The number of fused-ring (bicyclic) bond motifs is 2. The van der Waals surface area contributed by atoms with E-state index in [9.17, 15) is 9.59 Å². The first kappa shape index (κ1) is 20.0. The predicted octanol–water partition coefficient (Wildman–Crippen LogP) is 4.52. The van der Waals surface area contributed by atoms with Crippen molar-refractivity contribution in [3.8, 4) is 0 Å². The Hall–Kier alpha value is -2.34. The molecule has 1 unspecified atom stereocenters. The van der Waals surface area contributed by atoms with Crippen molar-refractivity contribution in [3.63, 3.8) is 0 Å². The van der Waals surface area contributed by atoms with Gasteiger partial charge in [-0.25, -0.2) is 0 Å². The van der Waals surface area contributed by atoms with E-state index in [-0.39, 0.29) is 17.1 Å². The molecule has 0 bridgehead atoms. The second-order valence-electron chi connectivity index (χ2n) is 7.53. The Morgan fingerprint density at radius 2 is 1.90 bits per heavy atom. The summed E-state index contributed by atoms with van der Waals surface area (Å²) in [5.41, 5.74) is 2.01. The third-order valence-electron chi connectivity index (χ3n) is 5.20. The van der Waals surface area contributed by atoms with E-state index in [4.69, 9.17) is 27.6 Å². The van der Waals surface area contributed by atoms with E-state index in [1.54, 1.807) is 29.2 Å². The molecule has 1 aromatic heterocycles. The first-order chi connectivity index (χ1) is 13.8. The average Bonchev–Trinajstić information content (AvgIpc) is 2.94. The number of carbonyl (C=O) groups excluding carboxylic acids is 1. The van der Waals surface area contributed by atoms with Crippen molar-refractivity contribution in [2.24, 2.45) is 0 Å². The monoisotopic (exact) mass is 430 g/mol. The zero-order valence-electron chi connectivity index (χ0n) is 16.3. The van der Waals surface area contributed by atoms with Gasteiger partial charge in [0.1, 0.15) is 5.58 Å². The van der Waals surface area contributed by atoms with Crippen molar-refractivity contribution in [1.29, 1.82) is 0 Å². The molecular weight excluding hydrogens is 411 g/mol. The van der Waals surface area contributed by atoms with Crippen molar-refractivity contribution >= 4 is 40.1 Å². The standard InChI is InChI=1S/C22H20Cl2N2O3/c1-12-9-17-15(11-16(12)24)20(27)18-19(13-5-4-6-14(23)10-13)26(8-7-25(2)3)22(28)21(18)29-17/h4-6,9-11,19H,7-8H2,1-3H3. The first-order valence-corrected chi connectivity index (χ1v) is 10.0. The molecule has 1 amide bonds. The molecule has 5 nitrogen and oxygen atoms in total. The summed E-state index contributed by atoms with van der Waals surface area (Å²) in [5.74, 6) is -0.202. The Morgan fingerprint density at radius 3 is 2.59 bits per heavy atom. The molecule has 4 rings (SSSR count). The van der Waals surface area contributed by atoms with E-state index in [0.29, 0.717) is 39.7 Å². The van der Waals surface area contributed by atoms with E-state index in [1.165, 1.54) is 0 Å². The fourth-order valence-electron chi connectivity index (χ4n) is 3.70. The normalized spacial score (nSPS) is 16.1. The molecule has 0 fully saturated rings. The maximum Gasteiger partial charge on any atom is 0.290 e. The van der Waals surface area contributed by atoms with Gasteiger partial charge in [0.25, 0.3) is 5.91 Å². The number of amides is 1. The Labute approximate surface area is 178 Å². The van der Waals surface area contributed by atoms with Crippen molar-refractivity contribution in [2.45, 2.75) is 13.0 Å². The van der Waals surface area contributed by atoms with Crippen LogP contribution in [0, 0.1) is 6.92 Å². The zero-order chi connectivity index (χ0) is 20.9. The van der Waals surface area contributed by atoms with Crippen LogP contribution in [0.4, 0.5) is 0 Å². The zero-order valence-corrected chi connectivity index (χ0v) is 17.8.